The van der Waals surface area contributed by atoms with Crippen molar-refractivity contribution in [2.45, 2.75) is 38.6 Å². The Morgan fingerprint density at radius 3 is 2.94 bits per heavy atom. The summed E-state index contributed by atoms with van der Waals surface area (Å²) in [7, 11) is 1.93. The Labute approximate surface area is 108 Å². The van der Waals surface area contributed by atoms with E-state index in [4.69, 9.17) is 4.42 Å². The number of carbonyl (C=O) groups excluding carboxylic acids is 1. The maximum Gasteiger partial charge on any atom is 0.230 e. The van der Waals surface area contributed by atoms with Gasteiger partial charge in [-0.1, -0.05) is 0 Å². The molecule has 1 aliphatic heterocycles. The fourth-order valence-electron chi connectivity index (χ4n) is 2.84. The van der Waals surface area contributed by atoms with E-state index in [0.717, 1.165) is 37.5 Å². The molecule has 100 valence electrons. The molecule has 1 fully saturated rings. The Kier molecular flexibility index (Phi) is 3.76. The molecule has 1 aliphatic rings. The fraction of sp³-hybridized carbons (Fsp3) is 0.643. The zero-order chi connectivity index (χ0) is 13.2. The van der Waals surface area contributed by atoms with Crippen molar-refractivity contribution in [2.75, 3.05) is 20.1 Å². The lowest BCUT2D eigenvalue weighted by Crippen LogP contribution is -2.51. The first-order valence-electron chi connectivity index (χ1n) is 6.55. The summed E-state index contributed by atoms with van der Waals surface area (Å²) in [5.41, 5.74) is -0.0481. The van der Waals surface area contributed by atoms with Crippen LogP contribution in [-0.2, 0) is 11.2 Å². The first-order valence-corrected chi connectivity index (χ1v) is 6.55. The Bertz CT molecular complexity index is 427. The van der Waals surface area contributed by atoms with Crippen molar-refractivity contribution < 1.29 is 9.21 Å². The summed E-state index contributed by atoms with van der Waals surface area (Å²) >= 11 is 0. The minimum atomic E-state index is -0.0481. The zero-order valence-electron chi connectivity index (χ0n) is 11.5. The molecule has 1 amide bonds. The number of amides is 1. The number of nitrogens with zero attached hydrogens (tertiary/aromatic N) is 1. The molecule has 0 radical (unpaired) electrons. The van der Waals surface area contributed by atoms with E-state index in [1.54, 1.807) is 0 Å². The van der Waals surface area contributed by atoms with E-state index in [1.165, 1.54) is 0 Å². The zero-order valence-corrected chi connectivity index (χ0v) is 11.5. The first-order chi connectivity index (χ1) is 8.55. The second-order valence-electron chi connectivity index (χ2n) is 5.37. The molecule has 0 bridgehead atoms. The number of aryl methyl sites for hydroxylation is 1. The lowest BCUT2D eigenvalue weighted by molar-refractivity contribution is -0.134. The van der Waals surface area contributed by atoms with Crippen LogP contribution in [-0.4, -0.2) is 36.5 Å². The largest absolute Gasteiger partial charge is 0.466 e. The Morgan fingerprint density at radius 1 is 1.56 bits per heavy atom. The highest BCUT2D eigenvalue weighted by atomic mass is 16.3. The smallest absolute Gasteiger partial charge is 0.230 e. The van der Waals surface area contributed by atoms with Crippen LogP contribution in [0, 0.1) is 6.92 Å². The summed E-state index contributed by atoms with van der Waals surface area (Å²) < 4.78 is 5.48. The molecule has 1 aromatic rings. The molecule has 1 atom stereocenters. The minimum absolute atomic E-state index is 0.0481. The van der Waals surface area contributed by atoms with Gasteiger partial charge in [0.05, 0.1) is 12.0 Å². The monoisotopic (exact) mass is 250 g/mol. The van der Waals surface area contributed by atoms with Gasteiger partial charge in [-0.05, 0) is 45.9 Å². The quantitative estimate of drug-likeness (QED) is 0.885. The van der Waals surface area contributed by atoms with Gasteiger partial charge >= 0.3 is 0 Å². The van der Waals surface area contributed by atoms with Crippen molar-refractivity contribution >= 4 is 5.91 Å². The van der Waals surface area contributed by atoms with E-state index in [0.29, 0.717) is 6.42 Å². The predicted molar refractivity (Wildman–Crippen MR) is 70.4 cm³/mol. The van der Waals surface area contributed by atoms with Gasteiger partial charge in [-0.25, -0.2) is 0 Å². The second-order valence-corrected chi connectivity index (χ2v) is 5.37. The predicted octanol–water partition coefficient (Wildman–Crippen LogP) is 1.73. The second kappa shape index (κ2) is 5.14. The van der Waals surface area contributed by atoms with Crippen LogP contribution in [0.1, 0.15) is 31.3 Å². The number of rotatable bonds is 4. The van der Waals surface area contributed by atoms with Crippen LogP contribution in [0.5, 0.6) is 0 Å². The van der Waals surface area contributed by atoms with Gasteiger partial charge in [0.15, 0.2) is 0 Å². The number of hydrogen-bond donors (Lipinski definition) is 1. The summed E-state index contributed by atoms with van der Waals surface area (Å²) in [4.78, 5) is 14.4. The van der Waals surface area contributed by atoms with Crippen LogP contribution < -0.4 is 5.32 Å². The van der Waals surface area contributed by atoms with E-state index in [2.05, 4.69) is 12.2 Å². The van der Waals surface area contributed by atoms with Crippen LogP contribution >= 0.6 is 0 Å². The van der Waals surface area contributed by atoms with Crippen molar-refractivity contribution in [3.8, 4) is 0 Å². The molecule has 1 unspecified atom stereocenters. The van der Waals surface area contributed by atoms with Crippen LogP contribution in [0.15, 0.2) is 16.5 Å². The first kappa shape index (κ1) is 13.1. The molecule has 0 saturated carbocycles. The Hall–Kier alpha value is -1.29. The van der Waals surface area contributed by atoms with Crippen molar-refractivity contribution in [3.63, 3.8) is 0 Å². The van der Waals surface area contributed by atoms with Crippen molar-refractivity contribution in [3.05, 3.63) is 23.7 Å². The van der Waals surface area contributed by atoms with Crippen LogP contribution in [0.2, 0.25) is 0 Å². The van der Waals surface area contributed by atoms with E-state index in [9.17, 15) is 4.79 Å². The van der Waals surface area contributed by atoms with E-state index in [-0.39, 0.29) is 11.4 Å². The third-order valence-corrected chi connectivity index (χ3v) is 3.73. The van der Waals surface area contributed by atoms with Gasteiger partial charge < -0.3 is 14.6 Å². The molecular formula is C14H22N2O2. The van der Waals surface area contributed by atoms with Crippen molar-refractivity contribution in [1.82, 2.24) is 10.2 Å². The molecule has 2 heterocycles. The van der Waals surface area contributed by atoms with Crippen molar-refractivity contribution in [1.29, 1.82) is 0 Å². The third-order valence-electron chi connectivity index (χ3n) is 3.73. The fourth-order valence-corrected chi connectivity index (χ4v) is 2.84. The average molecular weight is 250 g/mol. The van der Waals surface area contributed by atoms with Crippen LogP contribution in [0.25, 0.3) is 0 Å². The summed E-state index contributed by atoms with van der Waals surface area (Å²) in [6.07, 6.45) is 2.52. The molecule has 1 N–H and O–H groups in total. The number of likely N-dealkylation sites (tertiary alicyclic amines) is 1. The highest BCUT2D eigenvalue weighted by Crippen LogP contribution is 2.29. The molecule has 4 heteroatoms. The molecular weight excluding hydrogens is 228 g/mol. The summed E-state index contributed by atoms with van der Waals surface area (Å²) in [6, 6.07) is 3.79. The average Bonchev–Trinajstić information content (AvgIpc) is 2.86. The topological polar surface area (TPSA) is 45.5 Å². The lowest BCUT2D eigenvalue weighted by Gasteiger charge is -2.35. The molecule has 18 heavy (non-hydrogen) atoms. The van der Waals surface area contributed by atoms with Crippen molar-refractivity contribution in [2.24, 2.45) is 0 Å². The molecule has 0 aromatic carbocycles. The number of nitrogens with one attached hydrogen (secondary N) is 1. The Morgan fingerprint density at radius 2 is 2.33 bits per heavy atom. The standard InChI is InChI=1S/C14H22N2O2/c1-11-5-6-12(18-11)9-13(17)16-8-4-7-14(16,2)10-15-3/h5-6,15H,4,7-10H2,1-3H3. The Balaban J connectivity index is 2.04. The van der Waals surface area contributed by atoms with Gasteiger partial charge in [-0.2, -0.15) is 0 Å². The van der Waals surface area contributed by atoms with Crippen LogP contribution in [0.4, 0.5) is 0 Å². The summed E-state index contributed by atoms with van der Waals surface area (Å²) in [5.74, 6) is 1.79. The van der Waals surface area contributed by atoms with Gasteiger partial charge in [-0.15, -0.1) is 0 Å². The number of likely N-dealkylation sites (N-methyl/N-ethyl adjacent to an activating group) is 1. The van der Waals surface area contributed by atoms with Gasteiger partial charge in [0.1, 0.15) is 11.5 Å². The summed E-state index contributed by atoms with van der Waals surface area (Å²) in [5, 5.41) is 3.19. The highest BCUT2D eigenvalue weighted by Gasteiger charge is 2.38. The number of hydrogen-bond acceptors (Lipinski definition) is 3. The maximum atomic E-state index is 12.4. The maximum absolute atomic E-state index is 12.4. The third kappa shape index (κ3) is 2.58. The molecule has 0 spiro atoms. The van der Waals surface area contributed by atoms with E-state index in [1.807, 2.05) is 31.0 Å². The normalized spacial score (nSPS) is 23.6. The highest BCUT2D eigenvalue weighted by molar-refractivity contribution is 5.79. The lowest BCUT2D eigenvalue weighted by atomic mass is 9.98. The molecule has 0 aliphatic carbocycles. The molecule has 1 saturated heterocycles. The molecule has 4 nitrogen and oxygen atoms in total. The summed E-state index contributed by atoms with van der Waals surface area (Å²) in [6.45, 7) is 5.75. The SMILES string of the molecule is CNCC1(C)CCCN1C(=O)Cc1ccc(C)o1. The minimum Gasteiger partial charge on any atom is -0.466 e. The van der Waals surface area contributed by atoms with Crippen LogP contribution in [0.3, 0.4) is 0 Å². The number of furan rings is 1. The van der Waals surface area contributed by atoms with Gasteiger partial charge in [-0.3, -0.25) is 4.79 Å². The van der Waals surface area contributed by atoms with E-state index >= 15 is 0 Å². The molecule has 1 aromatic heterocycles. The van der Waals surface area contributed by atoms with E-state index < -0.39 is 0 Å². The van der Waals surface area contributed by atoms with Gasteiger partial charge in [0.2, 0.25) is 5.91 Å². The number of carbonyl (C=O) groups is 1. The van der Waals surface area contributed by atoms with Gasteiger partial charge in [0.25, 0.3) is 0 Å². The molecule has 2 rings (SSSR count). The van der Waals surface area contributed by atoms with Gasteiger partial charge in [0, 0.05) is 13.1 Å².